The highest BCUT2D eigenvalue weighted by molar-refractivity contribution is 7.89. The second kappa shape index (κ2) is 13.3. The van der Waals surface area contributed by atoms with Crippen molar-refractivity contribution in [2.75, 3.05) is 44.5 Å². The van der Waals surface area contributed by atoms with Crippen molar-refractivity contribution >= 4 is 38.3 Å². The Morgan fingerprint density at radius 1 is 1.07 bits per heavy atom. The number of para-hydroxylation sites is 3. The largest absolute Gasteiger partial charge is 0.497 e. The molecule has 0 spiro atoms. The summed E-state index contributed by atoms with van der Waals surface area (Å²) in [5, 5.41) is 13.3. The van der Waals surface area contributed by atoms with Gasteiger partial charge >= 0.3 is 0 Å². The van der Waals surface area contributed by atoms with Gasteiger partial charge in [0.1, 0.15) is 11.3 Å². The standard InChI is InChI=1S/C31H33N3O8S/c1-39-22-10-12-23(13-11-22)43(37,38)34(14-16-35)15-17-40-30-19-21(25-20-41-28-9-5-2-6-24(25)28)18-29(42-30)31(36)33-27-8-4-3-7-26(27)32/h2-13,18,20-21,30,35H,14-17,19,32H2,1H3,(H,33,36). The van der Waals surface area contributed by atoms with E-state index in [1.165, 1.54) is 19.2 Å². The Morgan fingerprint density at radius 2 is 1.81 bits per heavy atom. The summed E-state index contributed by atoms with van der Waals surface area (Å²) in [7, 11) is -2.43. The summed E-state index contributed by atoms with van der Waals surface area (Å²) in [4.78, 5) is 13.3. The van der Waals surface area contributed by atoms with Crippen LogP contribution in [0.25, 0.3) is 11.0 Å². The van der Waals surface area contributed by atoms with Crippen LogP contribution in [0, 0.1) is 0 Å². The lowest BCUT2D eigenvalue weighted by Gasteiger charge is -2.30. The van der Waals surface area contributed by atoms with Crippen molar-refractivity contribution in [2.45, 2.75) is 23.5 Å². The van der Waals surface area contributed by atoms with Crippen molar-refractivity contribution in [3.63, 3.8) is 0 Å². The molecular formula is C31H33N3O8S. The number of aliphatic hydroxyl groups is 1. The number of nitrogens with two attached hydrogens (primary N) is 1. The summed E-state index contributed by atoms with van der Waals surface area (Å²) >= 11 is 0. The molecule has 2 atom stereocenters. The van der Waals surface area contributed by atoms with E-state index in [1.807, 2.05) is 24.3 Å². The summed E-state index contributed by atoms with van der Waals surface area (Å²) in [6, 6.07) is 20.5. The first-order valence-electron chi connectivity index (χ1n) is 13.7. The van der Waals surface area contributed by atoms with Crippen LogP contribution in [0.4, 0.5) is 11.4 Å². The molecule has 1 aromatic heterocycles. The molecule has 4 aromatic rings. The van der Waals surface area contributed by atoms with E-state index in [4.69, 9.17) is 24.4 Å². The number of carbonyl (C=O) groups is 1. The van der Waals surface area contributed by atoms with Crippen molar-refractivity contribution < 1.29 is 36.9 Å². The zero-order chi connectivity index (χ0) is 30.4. The minimum atomic E-state index is -3.93. The minimum absolute atomic E-state index is 0.0350. The van der Waals surface area contributed by atoms with Crippen molar-refractivity contribution in [1.82, 2.24) is 4.31 Å². The van der Waals surface area contributed by atoms with Gasteiger partial charge < -0.3 is 34.8 Å². The van der Waals surface area contributed by atoms with Crippen molar-refractivity contribution in [2.24, 2.45) is 0 Å². The third-order valence-corrected chi connectivity index (χ3v) is 9.00. The summed E-state index contributed by atoms with van der Waals surface area (Å²) in [5.41, 5.74) is 8.43. The first kappa shape index (κ1) is 30.1. The first-order chi connectivity index (χ1) is 20.8. The SMILES string of the molecule is COc1ccc(S(=O)(=O)N(CCO)CCOC2CC(c3coc4ccccc34)C=C(C(=O)Nc3ccccc3N)O2)cc1. The summed E-state index contributed by atoms with van der Waals surface area (Å²) < 4.78 is 50.5. The van der Waals surface area contributed by atoms with Crippen LogP contribution in [0.5, 0.6) is 5.75 Å². The number of benzene rings is 3. The van der Waals surface area contributed by atoms with Gasteiger partial charge in [-0.3, -0.25) is 4.79 Å². The van der Waals surface area contributed by atoms with Crippen LogP contribution in [0.2, 0.25) is 0 Å². The molecule has 12 heteroatoms. The smallest absolute Gasteiger partial charge is 0.290 e. The van der Waals surface area contributed by atoms with E-state index in [9.17, 15) is 18.3 Å². The number of hydrogen-bond acceptors (Lipinski definition) is 9. The van der Waals surface area contributed by atoms with Gasteiger partial charge in [0.25, 0.3) is 5.91 Å². The number of sulfonamides is 1. The number of carbonyl (C=O) groups excluding carboxylic acids is 1. The molecular weight excluding hydrogens is 574 g/mol. The monoisotopic (exact) mass is 607 g/mol. The highest BCUT2D eigenvalue weighted by atomic mass is 32.2. The Kier molecular flexibility index (Phi) is 9.31. The number of aliphatic hydroxyl groups excluding tert-OH is 1. The van der Waals surface area contributed by atoms with E-state index in [0.29, 0.717) is 29.1 Å². The van der Waals surface area contributed by atoms with Crippen molar-refractivity contribution in [3.8, 4) is 5.75 Å². The minimum Gasteiger partial charge on any atom is -0.497 e. The molecule has 0 saturated heterocycles. The van der Waals surface area contributed by atoms with Crippen LogP contribution >= 0.6 is 0 Å². The molecule has 4 N–H and O–H groups in total. The normalized spacial score (nSPS) is 17.0. The number of nitrogens with zero attached hydrogens (tertiary/aromatic N) is 1. The van der Waals surface area contributed by atoms with Gasteiger partial charge in [-0.05, 0) is 48.5 Å². The van der Waals surface area contributed by atoms with E-state index < -0.39 is 22.2 Å². The topological polar surface area (TPSA) is 154 Å². The van der Waals surface area contributed by atoms with Crippen molar-refractivity contribution in [3.05, 3.63) is 96.5 Å². The quantitative estimate of drug-likeness (QED) is 0.202. The van der Waals surface area contributed by atoms with E-state index in [0.717, 1.165) is 15.3 Å². The fraction of sp³-hybridized carbons (Fsp3) is 0.258. The predicted molar refractivity (Wildman–Crippen MR) is 161 cm³/mol. The molecule has 1 aliphatic rings. The molecule has 2 unspecified atom stereocenters. The fourth-order valence-corrected chi connectivity index (χ4v) is 6.28. The molecule has 0 fully saturated rings. The molecule has 5 rings (SSSR count). The molecule has 43 heavy (non-hydrogen) atoms. The number of methoxy groups -OCH3 is 1. The third-order valence-electron chi connectivity index (χ3n) is 7.09. The fourth-order valence-electron chi connectivity index (χ4n) is 4.86. The molecule has 0 bridgehead atoms. The molecule has 3 aromatic carbocycles. The van der Waals surface area contributed by atoms with E-state index >= 15 is 0 Å². The van der Waals surface area contributed by atoms with Gasteiger partial charge in [0.2, 0.25) is 16.3 Å². The first-order valence-corrected chi connectivity index (χ1v) is 15.1. The Morgan fingerprint density at radius 3 is 2.56 bits per heavy atom. The third kappa shape index (κ3) is 6.83. The number of ether oxygens (including phenoxy) is 3. The van der Waals surface area contributed by atoms with Gasteiger partial charge in [-0.1, -0.05) is 30.3 Å². The number of amides is 1. The summed E-state index contributed by atoms with van der Waals surface area (Å²) in [6.07, 6.45) is 2.84. The molecule has 0 radical (unpaired) electrons. The predicted octanol–water partition coefficient (Wildman–Crippen LogP) is 4.08. The molecule has 0 saturated carbocycles. The van der Waals surface area contributed by atoms with Crippen LogP contribution in [-0.4, -0.2) is 63.4 Å². The molecule has 1 aliphatic heterocycles. The van der Waals surface area contributed by atoms with Crippen LogP contribution in [-0.2, 0) is 24.3 Å². The number of anilines is 2. The summed E-state index contributed by atoms with van der Waals surface area (Å²) in [6.45, 7) is -0.612. The number of allylic oxidation sites excluding steroid dienone is 1. The number of rotatable bonds is 12. The van der Waals surface area contributed by atoms with Gasteiger partial charge in [0.05, 0.1) is 42.9 Å². The maximum atomic E-state index is 13.3. The van der Waals surface area contributed by atoms with Crippen LogP contribution in [0.3, 0.4) is 0 Å². The Labute approximate surface area is 249 Å². The zero-order valence-electron chi connectivity index (χ0n) is 23.5. The lowest BCUT2D eigenvalue weighted by atomic mass is 9.92. The average Bonchev–Trinajstić information content (AvgIpc) is 3.46. The number of furan rings is 1. The second-order valence-electron chi connectivity index (χ2n) is 9.82. The maximum Gasteiger partial charge on any atom is 0.290 e. The van der Waals surface area contributed by atoms with Gasteiger partial charge in [0, 0.05) is 36.4 Å². The summed E-state index contributed by atoms with van der Waals surface area (Å²) in [5.74, 6) is -0.248. The molecule has 1 amide bonds. The van der Waals surface area contributed by atoms with Crippen molar-refractivity contribution in [1.29, 1.82) is 0 Å². The highest BCUT2D eigenvalue weighted by Gasteiger charge is 2.31. The Balaban J connectivity index is 1.33. The van der Waals surface area contributed by atoms with E-state index in [-0.39, 0.29) is 42.9 Å². The molecule has 2 heterocycles. The maximum absolute atomic E-state index is 13.3. The highest BCUT2D eigenvalue weighted by Crippen LogP contribution is 2.36. The van der Waals surface area contributed by atoms with Gasteiger partial charge in [-0.25, -0.2) is 8.42 Å². The molecule has 11 nitrogen and oxygen atoms in total. The van der Waals surface area contributed by atoms with E-state index in [1.54, 1.807) is 48.7 Å². The zero-order valence-corrected chi connectivity index (χ0v) is 24.3. The van der Waals surface area contributed by atoms with Crippen LogP contribution in [0.1, 0.15) is 17.9 Å². The Bertz CT molecular complexity index is 1700. The van der Waals surface area contributed by atoms with Crippen LogP contribution in [0.15, 0.2) is 100 Å². The molecule has 226 valence electrons. The number of nitrogens with one attached hydrogen (secondary N) is 1. The van der Waals surface area contributed by atoms with Crippen LogP contribution < -0.4 is 15.8 Å². The average molecular weight is 608 g/mol. The lowest BCUT2D eigenvalue weighted by molar-refractivity contribution is -0.143. The second-order valence-corrected chi connectivity index (χ2v) is 11.8. The number of nitrogen functional groups attached to an aromatic ring is 1. The lowest BCUT2D eigenvalue weighted by Crippen LogP contribution is -2.37. The van der Waals surface area contributed by atoms with Gasteiger partial charge in [-0.15, -0.1) is 0 Å². The molecule has 0 aliphatic carbocycles. The Hall–Kier alpha value is -4.36. The number of hydrogen-bond donors (Lipinski definition) is 3. The van der Waals surface area contributed by atoms with Gasteiger partial charge in [0.15, 0.2) is 5.76 Å². The van der Waals surface area contributed by atoms with E-state index in [2.05, 4.69) is 5.32 Å². The van der Waals surface area contributed by atoms with Gasteiger partial charge in [-0.2, -0.15) is 4.31 Å². The number of fused-ring (bicyclic) bond motifs is 1.